The maximum Gasteiger partial charge on any atom is 0.472 e. The minimum absolute atomic E-state index is 0.187. The van der Waals surface area contributed by atoms with Crippen LogP contribution in [0.1, 0.15) is 23.8 Å². The summed E-state index contributed by atoms with van der Waals surface area (Å²) >= 11 is 0. The van der Waals surface area contributed by atoms with Gasteiger partial charge in [0.05, 0.1) is 29.9 Å². The molecule has 1 saturated heterocycles. The van der Waals surface area contributed by atoms with E-state index in [1.165, 1.54) is 10.9 Å². The van der Waals surface area contributed by atoms with Gasteiger partial charge in [-0.25, -0.2) is 14.8 Å². The van der Waals surface area contributed by atoms with E-state index >= 15 is 0 Å². The number of hydrogen-bond acceptors (Lipinski definition) is 9. The summed E-state index contributed by atoms with van der Waals surface area (Å²) in [6.45, 7) is -0.399. The van der Waals surface area contributed by atoms with Gasteiger partial charge in [0.25, 0.3) is 0 Å². The number of aliphatic hydroxyl groups excluding tert-OH is 1. The smallest absolute Gasteiger partial charge is 0.394 e. The van der Waals surface area contributed by atoms with Crippen LogP contribution in [0.2, 0.25) is 0 Å². The predicted molar refractivity (Wildman–Crippen MR) is 130 cm³/mol. The van der Waals surface area contributed by atoms with Crippen LogP contribution in [0, 0.1) is 11.3 Å². The lowest BCUT2D eigenvalue weighted by Crippen LogP contribution is -2.27. The van der Waals surface area contributed by atoms with Gasteiger partial charge in [0.1, 0.15) is 24.0 Å². The number of phosphoric ester groups is 1. The topological polar surface area (TPSA) is 157 Å². The SMILES string of the molecule is COP(=O)(O)O[C@@H]1C[C@H](c2cn(Nn3c4ccccc4c4cc(/C=C/C#N)ccc43)nn2)OC1CO. The molecule has 3 N–H and O–H groups in total. The number of benzene rings is 2. The molecule has 0 saturated carbocycles. The van der Waals surface area contributed by atoms with E-state index < -0.39 is 32.7 Å². The van der Waals surface area contributed by atoms with Crippen molar-refractivity contribution in [2.75, 3.05) is 19.3 Å². The van der Waals surface area contributed by atoms with Crippen molar-refractivity contribution in [3.63, 3.8) is 0 Å². The molecule has 13 heteroatoms. The van der Waals surface area contributed by atoms with Gasteiger partial charge in [-0.05, 0) is 35.1 Å². The quantitative estimate of drug-likeness (QED) is 0.238. The Morgan fingerprint density at radius 3 is 2.89 bits per heavy atom. The Hall–Kier alpha value is -3.56. The Morgan fingerprint density at radius 1 is 1.31 bits per heavy atom. The molecule has 2 aromatic heterocycles. The van der Waals surface area contributed by atoms with Crippen LogP contribution in [0.5, 0.6) is 0 Å². The number of phosphoric acid groups is 1. The molecule has 36 heavy (non-hydrogen) atoms. The van der Waals surface area contributed by atoms with Crippen molar-refractivity contribution < 1.29 is 28.3 Å². The molecule has 0 radical (unpaired) electrons. The van der Waals surface area contributed by atoms with Gasteiger partial charge in [-0.15, -0.1) is 9.89 Å². The average molecular weight is 510 g/mol. The van der Waals surface area contributed by atoms with Gasteiger partial charge in [-0.1, -0.05) is 24.3 Å². The zero-order valence-corrected chi connectivity index (χ0v) is 20.0. The highest BCUT2D eigenvalue weighted by Crippen LogP contribution is 2.48. The van der Waals surface area contributed by atoms with E-state index in [2.05, 4.69) is 20.4 Å². The highest BCUT2D eigenvalue weighted by molar-refractivity contribution is 7.47. The van der Waals surface area contributed by atoms with Crippen molar-refractivity contribution in [3.05, 3.63) is 66.0 Å². The Kier molecular flexibility index (Phi) is 6.59. The third kappa shape index (κ3) is 4.64. The maximum atomic E-state index is 11.8. The summed E-state index contributed by atoms with van der Waals surface area (Å²) in [6, 6.07) is 15.8. The second-order valence-electron chi connectivity index (χ2n) is 8.16. The van der Waals surface area contributed by atoms with Gasteiger partial charge in [0.2, 0.25) is 0 Å². The monoisotopic (exact) mass is 510 g/mol. The Balaban J connectivity index is 1.42. The molecule has 2 aromatic carbocycles. The fraction of sp³-hybridized carbons (Fsp3) is 0.261. The molecule has 1 aliphatic heterocycles. The van der Waals surface area contributed by atoms with Crippen molar-refractivity contribution in [1.29, 1.82) is 5.26 Å². The van der Waals surface area contributed by atoms with E-state index in [9.17, 15) is 14.6 Å². The predicted octanol–water partition coefficient (Wildman–Crippen LogP) is 2.88. The van der Waals surface area contributed by atoms with Crippen molar-refractivity contribution in [2.45, 2.75) is 24.7 Å². The molecule has 4 aromatic rings. The number of nitrogens with one attached hydrogen (secondary N) is 1. The van der Waals surface area contributed by atoms with Crippen LogP contribution in [0.4, 0.5) is 0 Å². The Morgan fingerprint density at radius 2 is 2.11 bits per heavy atom. The highest BCUT2D eigenvalue weighted by atomic mass is 31.2. The number of para-hydroxylation sites is 1. The van der Waals surface area contributed by atoms with Crippen LogP contribution in [0.25, 0.3) is 27.9 Å². The first kappa shape index (κ1) is 24.1. The van der Waals surface area contributed by atoms with Crippen LogP contribution < -0.4 is 5.53 Å². The van der Waals surface area contributed by atoms with Gasteiger partial charge in [-0.2, -0.15) is 5.26 Å². The summed E-state index contributed by atoms with van der Waals surface area (Å²) in [5.74, 6) is 0. The largest absolute Gasteiger partial charge is 0.472 e. The first-order valence-electron chi connectivity index (χ1n) is 11.0. The first-order chi connectivity index (χ1) is 17.4. The first-order valence-corrected chi connectivity index (χ1v) is 12.5. The van der Waals surface area contributed by atoms with Gasteiger partial charge in [-0.3, -0.25) is 9.05 Å². The van der Waals surface area contributed by atoms with E-state index in [4.69, 9.17) is 14.5 Å². The van der Waals surface area contributed by atoms with Crippen molar-refractivity contribution >= 4 is 35.7 Å². The number of fused-ring (bicyclic) bond motifs is 3. The summed E-state index contributed by atoms with van der Waals surface area (Å²) in [5.41, 5.74) is 6.38. The van der Waals surface area contributed by atoms with Crippen LogP contribution >= 0.6 is 7.82 Å². The number of ether oxygens (including phenoxy) is 1. The van der Waals surface area contributed by atoms with E-state index in [-0.39, 0.29) is 6.42 Å². The fourth-order valence-electron chi connectivity index (χ4n) is 4.30. The maximum absolute atomic E-state index is 11.8. The van der Waals surface area contributed by atoms with Gasteiger partial charge >= 0.3 is 7.82 Å². The molecule has 0 amide bonds. The zero-order chi connectivity index (χ0) is 25.3. The molecular weight excluding hydrogens is 487 g/mol. The third-order valence-corrected chi connectivity index (χ3v) is 6.97. The van der Waals surface area contributed by atoms with E-state index in [1.54, 1.807) is 12.3 Å². The van der Waals surface area contributed by atoms with E-state index in [0.29, 0.717) is 5.69 Å². The zero-order valence-electron chi connectivity index (χ0n) is 19.1. The molecule has 0 spiro atoms. The van der Waals surface area contributed by atoms with E-state index in [0.717, 1.165) is 34.5 Å². The molecule has 1 aliphatic rings. The lowest BCUT2D eigenvalue weighted by atomic mass is 10.1. The number of nitriles is 1. The number of aromatic nitrogens is 4. The second kappa shape index (κ2) is 9.83. The van der Waals surface area contributed by atoms with Gasteiger partial charge in [0.15, 0.2) is 0 Å². The van der Waals surface area contributed by atoms with Crippen LogP contribution in [-0.4, -0.2) is 55.7 Å². The van der Waals surface area contributed by atoms with Crippen LogP contribution in [0.15, 0.2) is 54.7 Å². The normalized spacial score (nSPS) is 21.8. The minimum Gasteiger partial charge on any atom is -0.394 e. The van der Waals surface area contributed by atoms with Crippen molar-refractivity contribution in [1.82, 2.24) is 19.8 Å². The second-order valence-corrected chi connectivity index (χ2v) is 9.67. The van der Waals surface area contributed by atoms with E-state index in [1.807, 2.05) is 53.2 Å². The number of rotatable bonds is 8. The Labute approximate surface area is 205 Å². The summed E-state index contributed by atoms with van der Waals surface area (Å²) in [7, 11) is -3.18. The molecule has 2 unspecified atom stereocenters. The number of aliphatic hydroxyl groups is 1. The number of nitrogens with zero attached hydrogens (tertiary/aromatic N) is 5. The molecule has 12 nitrogen and oxygen atoms in total. The molecular formula is C23H23N6O6P. The van der Waals surface area contributed by atoms with Gasteiger partial charge in [0, 0.05) is 30.4 Å². The molecule has 5 rings (SSSR count). The molecule has 1 fully saturated rings. The number of allylic oxidation sites excluding steroid dienone is 1. The molecule has 4 atom stereocenters. The lowest BCUT2D eigenvalue weighted by Gasteiger charge is -2.18. The standard InChI is InChI=1S/C23H23N6O6P/c1-33-36(31,32)35-22-12-21(34-23(22)14-30)18-13-28(26-25-18)27-29-19-7-3-2-6-16(19)17-11-15(5-4-10-24)8-9-20(17)29/h2-9,11,13,21-23,27,30H,12,14H2,1H3,(H,31,32)/b5-4+/t21-,22-,23?/m1/s1. The number of hydrogen-bond donors (Lipinski definition) is 3. The molecule has 186 valence electrons. The molecule has 0 bridgehead atoms. The summed E-state index contributed by atoms with van der Waals surface area (Å²) in [6.07, 6.45) is 2.75. The Bertz CT molecular complexity index is 1520. The lowest BCUT2D eigenvalue weighted by molar-refractivity contribution is -0.0241. The van der Waals surface area contributed by atoms with Crippen molar-refractivity contribution in [2.24, 2.45) is 0 Å². The highest BCUT2D eigenvalue weighted by Gasteiger charge is 2.41. The van der Waals surface area contributed by atoms with Crippen molar-refractivity contribution in [3.8, 4) is 6.07 Å². The molecule has 0 aliphatic carbocycles. The minimum atomic E-state index is -4.25. The average Bonchev–Trinajstić information content (AvgIpc) is 3.59. The van der Waals surface area contributed by atoms with Crippen LogP contribution in [-0.2, 0) is 18.3 Å². The summed E-state index contributed by atoms with van der Waals surface area (Å²) in [5, 5.41) is 28.8. The molecule has 3 heterocycles. The summed E-state index contributed by atoms with van der Waals surface area (Å²) < 4.78 is 29.1. The third-order valence-electron chi connectivity index (χ3n) is 5.97. The van der Waals surface area contributed by atoms with Gasteiger partial charge < -0.3 is 14.7 Å². The van der Waals surface area contributed by atoms with Crippen LogP contribution in [0.3, 0.4) is 0 Å². The fourth-order valence-corrected chi connectivity index (χ4v) is 4.95. The summed E-state index contributed by atoms with van der Waals surface area (Å²) in [4.78, 5) is 11.1.